The SMILES string of the molecule is Cc1nc(N)nc(C)c1CC[C@@H]1C[C@@H]2c3cccc4[nH]cc(c34)C[C@H]2N(C)C1. The van der Waals surface area contributed by atoms with E-state index in [0.717, 1.165) is 24.2 Å². The van der Waals surface area contributed by atoms with Gasteiger partial charge in [0.15, 0.2) is 0 Å². The summed E-state index contributed by atoms with van der Waals surface area (Å²) in [5.74, 6) is 1.70. The summed E-state index contributed by atoms with van der Waals surface area (Å²) in [7, 11) is 2.31. The smallest absolute Gasteiger partial charge is 0.220 e. The number of nitrogens with two attached hydrogens (primary N) is 1. The van der Waals surface area contributed by atoms with Gasteiger partial charge < -0.3 is 15.6 Å². The molecule has 0 radical (unpaired) electrons. The van der Waals surface area contributed by atoms with E-state index in [1.165, 1.54) is 41.4 Å². The van der Waals surface area contributed by atoms with Crippen molar-refractivity contribution in [3.05, 3.63) is 52.5 Å². The van der Waals surface area contributed by atoms with E-state index in [4.69, 9.17) is 5.73 Å². The van der Waals surface area contributed by atoms with Gasteiger partial charge >= 0.3 is 0 Å². The molecule has 1 fully saturated rings. The average molecular weight is 376 g/mol. The molecule has 3 atom stereocenters. The van der Waals surface area contributed by atoms with Crippen LogP contribution in [0.4, 0.5) is 5.95 Å². The third kappa shape index (κ3) is 2.80. The molecule has 0 amide bonds. The predicted octanol–water partition coefficient (Wildman–Crippen LogP) is 3.75. The summed E-state index contributed by atoms with van der Waals surface area (Å²) in [4.78, 5) is 14.8. The van der Waals surface area contributed by atoms with Crippen LogP contribution in [-0.4, -0.2) is 39.5 Å². The number of hydrogen-bond donors (Lipinski definition) is 2. The Morgan fingerprint density at radius 1 is 1.21 bits per heavy atom. The topological polar surface area (TPSA) is 70.8 Å². The Kier molecular flexibility index (Phi) is 4.16. The molecular weight excluding hydrogens is 346 g/mol. The molecule has 3 N–H and O–H groups in total. The average Bonchev–Trinajstić information content (AvgIpc) is 3.06. The minimum atomic E-state index is 0.386. The van der Waals surface area contributed by atoms with Gasteiger partial charge in [-0.25, -0.2) is 9.97 Å². The molecule has 3 aromatic rings. The molecule has 5 heteroatoms. The number of nitrogen functional groups attached to an aromatic ring is 1. The van der Waals surface area contributed by atoms with Gasteiger partial charge in [-0.2, -0.15) is 0 Å². The molecule has 5 rings (SSSR count). The molecule has 28 heavy (non-hydrogen) atoms. The monoisotopic (exact) mass is 375 g/mol. The van der Waals surface area contributed by atoms with Crippen LogP contribution in [0.1, 0.15) is 46.8 Å². The number of anilines is 1. The molecule has 2 aromatic heterocycles. The molecule has 146 valence electrons. The van der Waals surface area contributed by atoms with E-state index in [0.29, 0.717) is 23.8 Å². The summed E-state index contributed by atoms with van der Waals surface area (Å²) in [5.41, 5.74) is 13.5. The van der Waals surface area contributed by atoms with Crippen LogP contribution in [0.5, 0.6) is 0 Å². The van der Waals surface area contributed by atoms with Gasteiger partial charge in [-0.3, -0.25) is 0 Å². The van der Waals surface area contributed by atoms with Gasteiger partial charge in [-0.05, 0) is 75.3 Å². The number of nitrogens with zero attached hydrogens (tertiary/aromatic N) is 3. The lowest BCUT2D eigenvalue weighted by Crippen LogP contribution is -2.47. The molecule has 1 aliphatic carbocycles. The van der Waals surface area contributed by atoms with Crippen molar-refractivity contribution >= 4 is 16.9 Å². The summed E-state index contributed by atoms with van der Waals surface area (Å²) in [6, 6.07) is 7.39. The Morgan fingerprint density at radius 2 is 2.00 bits per heavy atom. The quantitative estimate of drug-likeness (QED) is 0.731. The largest absolute Gasteiger partial charge is 0.368 e. The van der Waals surface area contributed by atoms with E-state index in [9.17, 15) is 0 Å². The number of H-pyrrole nitrogens is 1. The number of rotatable bonds is 3. The first-order valence-corrected chi connectivity index (χ1v) is 10.4. The molecule has 5 nitrogen and oxygen atoms in total. The number of hydrogen-bond acceptors (Lipinski definition) is 4. The van der Waals surface area contributed by atoms with Crippen molar-refractivity contribution in [3.63, 3.8) is 0 Å². The molecule has 1 aromatic carbocycles. The Labute approximate surface area is 166 Å². The van der Waals surface area contributed by atoms with E-state index >= 15 is 0 Å². The highest BCUT2D eigenvalue weighted by atomic mass is 15.1. The first-order valence-electron chi connectivity index (χ1n) is 10.4. The Bertz CT molecular complexity index is 1010. The lowest BCUT2D eigenvalue weighted by atomic mass is 9.71. The summed E-state index contributed by atoms with van der Waals surface area (Å²) in [6.07, 6.45) is 6.87. The van der Waals surface area contributed by atoms with Crippen molar-refractivity contribution in [2.24, 2.45) is 5.92 Å². The van der Waals surface area contributed by atoms with Crippen molar-refractivity contribution in [3.8, 4) is 0 Å². The van der Waals surface area contributed by atoms with E-state index < -0.39 is 0 Å². The summed E-state index contributed by atoms with van der Waals surface area (Å²) < 4.78 is 0. The third-order valence-electron chi connectivity index (χ3n) is 7.05. The van der Waals surface area contributed by atoms with Crippen molar-refractivity contribution in [1.82, 2.24) is 19.9 Å². The molecule has 3 heterocycles. The van der Waals surface area contributed by atoms with Crippen LogP contribution in [0.2, 0.25) is 0 Å². The number of likely N-dealkylation sites (N-methyl/N-ethyl adjacent to an activating group) is 1. The number of piperidine rings is 1. The zero-order valence-electron chi connectivity index (χ0n) is 17.0. The van der Waals surface area contributed by atoms with Gasteiger partial charge in [-0.15, -0.1) is 0 Å². The number of aromatic amines is 1. The van der Waals surface area contributed by atoms with Crippen molar-refractivity contribution in [2.75, 3.05) is 19.3 Å². The van der Waals surface area contributed by atoms with Crippen LogP contribution in [0, 0.1) is 19.8 Å². The van der Waals surface area contributed by atoms with E-state index in [1.807, 2.05) is 0 Å². The fraction of sp³-hybridized carbons (Fsp3) is 0.478. The minimum Gasteiger partial charge on any atom is -0.368 e. The second-order valence-electron chi connectivity index (χ2n) is 8.77. The number of benzene rings is 1. The van der Waals surface area contributed by atoms with Crippen LogP contribution in [0.25, 0.3) is 10.9 Å². The van der Waals surface area contributed by atoms with Gasteiger partial charge in [0.25, 0.3) is 0 Å². The zero-order valence-corrected chi connectivity index (χ0v) is 17.0. The maximum Gasteiger partial charge on any atom is 0.220 e. The molecular formula is C23H29N5. The zero-order chi connectivity index (χ0) is 19.4. The standard InChI is InChI=1S/C23H29N5/c1-13-17(14(2)27-23(24)26-13)8-7-15-9-19-18-5-4-6-20-22(18)16(11-25-20)10-21(19)28(3)12-15/h4-6,11,15,19,21,25H,7-10,12H2,1-3H3,(H2,24,26,27)/t15-,19-,21-/m1/s1. The lowest BCUT2D eigenvalue weighted by Gasteiger charge is -2.45. The first-order chi connectivity index (χ1) is 13.5. The second-order valence-corrected chi connectivity index (χ2v) is 8.77. The van der Waals surface area contributed by atoms with E-state index in [1.54, 1.807) is 5.56 Å². The number of likely N-dealkylation sites (tertiary alicyclic amines) is 1. The molecule has 2 aliphatic rings. The normalized spacial score (nSPS) is 24.5. The summed E-state index contributed by atoms with van der Waals surface area (Å²) >= 11 is 0. The van der Waals surface area contributed by atoms with Crippen molar-refractivity contribution in [1.29, 1.82) is 0 Å². The number of aromatic nitrogens is 3. The Balaban J connectivity index is 1.39. The van der Waals surface area contributed by atoms with Crippen LogP contribution in [0.3, 0.4) is 0 Å². The first kappa shape index (κ1) is 17.7. The van der Waals surface area contributed by atoms with E-state index in [-0.39, 0.29) is 0 Å². The highest BCUT2D eigenvalue weighted by Gasteiger charge is 2.39. The molecule has 0 spiro atoms. The number of fused-ring (bicyclic) bond motifs is 2. The second kappa shape index (κ2) is 6.59. The van der Waals surface area contributed by atoms with Crippen LogP contribution in [-0.2, 0) is 12.8 Å². The van der Waals surface area contributed by atoms with Crippen molar-refractivity contribution in [2.45, 2.75) is 51.5 Å². The maximum absolute atomic E-state index is 5.79. The molecule has 1 saturated heterocycles. The highest BCUT2D eigenvalue weighted by Crippen LogP contribution is 2.45. The highest BCUT2D eigenvalue weighted by molar-refractivity contribution is 5.88. The summed E-state index contributed by atoms with van der Waals surface area (Å²) in [6.45, 7) is 5.28. The summed E-state index contributed by atoms with van der Waals surface area (Å²) in [5, 5.41) is 1.48. The molecule has 1 aliphatic heterocycles. The molecule has 0 bridgehead atoms. The third-order valence-corrected chi connectivity index (χ3v) is 7.05. The number of aryl methyl sites for hydroxylation is 2. The van der Waals surface area contributed by atoms with Gasteiger partial charge in [0.05, 0.1) is 0 Å². The fourth-order valence-corrected chi connectivity index (χ4v) is 5.74. The van der Waals surface area contributed by atoms with E-state index in [2.05, 4.69) is 65.1 Å². The minimum absolute atomic E-state index is 0.386. The fourth-order valence-electron chi connectivity index (χ4n) is 5.74. The Morgan fingerprint density at radius 3 is 2.79 bits per heavy atom. The Hall–Kier alpha value is -2.40. The predicted molar refractivity (Wildman–Crippen MR) is 114 cm³/mol. The number of nitrogens with one attached hydrogen (secondary N) is 1. The van der Waals surface area contributed by atoms with Gasteiger partial charge in [-0.1, -0.05) is 12.1 Å². The van der Waals surface area contributed by atoms with Gasteiger partial charge in [0.2, 0.25) is 5.95 Å². The van der Waals surface area contributed by atoms with Crippen LogP contribution < -0.4 is 5.73 Å². The maximum atomic E-state index is 5.79. The molecule has 0 saturated carbocycles. The molecule has 0 unspecified atom stereocenters. The van der Waals surface area contributed by atoms with Gasteiger partial charge in [0, 0.05) is 47.0 Å². The van der Waals surface area contributed by atoms with Crippen LogP contribution >= 0.6 is 0 Å². The van der Waals surface area contributed by atoms with Crippen LogP contribution in [0.15, 0.2) is 24.4 Å². The lowest BCUT2D eigenvalue weighted by molar-refractivity contribution is 0.108. The van der Waals surface area contributed by atoms with Crippen molar-refractivity contribution < 1.29 is 0 Å². The van der Waals surface area contributed by atoms with Gasteiger partial charge in [0.1, 0.15) is 0 Å².